The number of hydrogen-bond donors (Lipinski definition) is 2. The Labute approximate surface area is 168 Å². The third-order valence-electron chi connectivity index (χ3n) is 3.74. The van der Waals surface area contributed by atoms with Crippen molar-refractivity contribution < 1.29 is 24.0 Å². The van der Waals surface area contributed by atoms with Crippen LogP contribution >= 0.6 is 0 Å². The van der Waals surface area contributed by atoms with Gasteiger partial charge in [0.1, 0.15) is 0 Å². The van der Waals surface area contributed by atoms with Gasteiger partial charge in [-0.2, -0.15) is 0 Å². The van der Waals surface area contributed by atoms with Crippen LogP contribution in [-0.2, 0) is 0 Å². The Hall–Kier alpha value is -3.62. The van der Waals surface area contributed by atoms with E-state index >= 15 is 0 Å². The largest absolute Gasteiger partial charge is 0.490 e. The number of nitro benzene ring substituents is 1. The van der Waals surface area contributed by atoms with E-state index in [1.54, 1.807) is 12.1 Å². The zero-order valence-electron chi connectivity index (χ0n) is 16.3. The number of carbonyl (C=O) groups excluding carboxylic acids is 2. The van der Waals surface area contributed by atoms with Gasteiger partial charge >= 0.3 is 0 Å². The smallest absolute Gasteiger partial charge is 0.270 e. The van der Waals surface area contributed by atoms with Crippen LogP contribution in [0.3, 0.4) is 0 Å². The Morgan fingerprint density at radius 3 is 2.07 bits per heavy atom. The van der Waals surface area contributed by atoms with Gasteiger partial charge in [-0.1, -0.05) is 19.9 Å². The first-order chi connectivity index (χ1) is 14.0. The van der Waals surface area contributed by atoms with Gasteiger partial charge in [0, 0.05) is 23.3 Å². The fraction of sp³-hybridized carbons (Fsp3) is 0.300. The highest BCUT2D eigenvalue weighted by atomic mass is 16.6. The molecule has 0 aliphatic rings. The van der Waals surface area contributed by atoms with Crippen molar-refractivity contribution in [2.24, 2.45) is 0 Å². The molecule has 0 atom stereocenters. The van der Waals surface area contributed by atoms with Gasteiger partial charge in [0.15, 0.2) is 11.5 Å². The average molecular weight is 401 g/mol. The van der Waals surface area contributed by atoms with Gasteiger partial charge in [-0.15, -0.1) is 0 Å². The highest BCUT2D eigenvalue weighted by Gasteiger charge is 2.15. The molecule has 0 heterocycles. The fourth-order valence-electron chi connectivity index (χ4n) is 2.32. The zero-order chi connectivity index (χ0) is 21.2. The van der Waals surface area contributed by atoms with Gasteiger partial charge in [0.25, 0.3) is 17.5 Å². The highest BCUT2D eigenvalue weighted by molar-refractivity contribution is 5.99. The SMILES string of the molecule is CCCOc1ccc(C(=O)NNC(=O)c2cccc([N+](=O)[O-])c2)cc1OCCC. The van der Waals surface area contributed by atoms with E-state index in [0.29, 0.717) is 24.7 Å². The van der Waals surface area contributed by atoms with Crippen LogP contribution in [0.4, 0.5) is 5.69 Å². The second-order valence-corrected chi connectivity index (χ2v) is 6.07. The first-order valence-electron chi connectivity index (χ1n) is 9.21. The van der Waals surface area contributed by atoms with E-state index < -0.39 is 16.7 Å². The number of non-ortho nitro benzene ring substituents is 1. The van der Waals surface area contributed by atoms with Crippen LogP contribution in [0.15, 0.2) is 42.5 Å². The molecule has 9 heteroatoms. The van der Waals surface area contributed by atoms with Crippen LogP contribution < -0.4 is 20.3 Å². The number of carbonyl (C=O) groups is 2. The first kappa shape index (κ1) is 21.7. The molecule has 154 valence electrons. The summed E-state index contributed by atoms with van der Waals surface area (Å²) in [5.74, 6) is -0.255. The molecule has 9 nitrogen and oxygen atoms in total. The van der Waals surface area contributed by atoms with E-state index in [1.165, 1.54) is 24.3 Å². The third kappa shape index (κ3) is 6.20. The Bertz CT molecular complexity index is 884. The minimum absolute atomic E-state index is 0.0507. The molecule has 29 heavy (non-hydrogen) atoms. The fourth-order valence-corrected chi connectivity index (χ4v) is 2.32. The Morgan fingerprint density at radius 2 is 1.48 bits per heavy atom. The van der Waals surface area contributed by atoms with Crippen LogP contribution in [0.2, 0.25) is 0 Å². The number of benzene rings is 2. The normalized spacial score (nSPS) is 10.1. The van der Waals surface area contributed by atoms with Crippen LogP contribution in [0.25, 0.3) is 0 Å². The van der Waals surface area contributed by atoms with Crippen molar-refractivity contribution in [2.75, 3.05) is 13.2 Å². The molecule has 0 unspecified atom stereocenters. The van der Waals surface area contributed by atoms with Crippen molar-refractivity contribution in [1.82, 2.24) is 10.9 Å². The van der Waals surface area contributed by atoms with Crippen molar-refractivity contribution in [2.45, 2.75) is 26.7 Å². The quantitative estimate of drug-likeness (QED) is 0.492. The molecule has 0 fully saturated rings. The summed E-state index contributed by atoms with van der Waals surface area (Å²) in [6.07, 6.45) is 1.63. The Balaban J connectivity index is 2.06. The number of hydrazine groups is 1. The molecular formula is C20H23N3O6. The van der Waals surface area contributed by atoms with Crippen LogP contribution in [0, 0.1) is 10.1 Å². The van der Waals surface area contributed by atoms with E-state index in [0.717, 1.165) is 18.9 Å². The van der Waals surface area contributed by atoms with E-state index in [4.69, 9.17) is 9.47 Å². The summed E-state index contributed by atoms with van der Waals surface area (Å²) in [7, 11) is 0. The van der Waals surface area contributed by atoms with Crippen LogP contribution in [-0.4, -0.2) is 30.0 Å². The molecule has 2 aromatic rings. The van der Waals surface area contributed by atoms with E-state index in [1.807, 2.05) is 13.8 Å². The molecule has 0 aliphatic carbocycles. The summed E-state index contributed by atoms with van der Waals surface area (Å²) >= 11 is 0. The molecule has 0 saturated heterocycles. The predicted octanol–water partition coefficient (Wildman–Crippen LogP) is 3.25. The second kappa shape index (κ2) is 10.6. The molecule has 0 spiro atoms. The minimum atomic E-state index is -0.674. The number of nitrogens with one attached hydrogen (secondary N) is 2. The standard InChI is InChI=1S/C20H23N3O6/c1-3-10-28-17-9-8-15(13-18(17)29-11-4-2)20(25)22-21-19(24)14-6-5-7-16(12-14)23(26)27/h5-9,12-13H,3-4,10-11H2,1-2H3,(H,21,24)(H,22,25). The summed E-state index contributed by atoms with van der Waals surface area (Å²) in [6.45, 7) is 4.94. The van der Waals surface area contributed by atoms with Gasteiger partial charge in [-0.3, -0.25) is 30.6 Å². The van der Waals surface area contributed by atoms with Gasteiger partial charge < -0.3 is 9.47 Å². The monoisotopic (exact) mass is 401 g/mol. The van der Waals surface area contributed by atoms with E-state index in [-0.39, 0.29) is 16.8 Å². The molecule has 0 radical (unpaired) electrons. The molecule has 2 N–H and O–H groups in total. The topological polar surface area (TPSA) is 120 Å². The molecule has 2 amide bonds. The number of hydrogen-bond acceptors (Lipinski definition) is 6. The van der Waals surface area contributed by atoms with Crippen LogP contribution in [0.1, 0.15) is 47.4 Å². The minimum Gasteiger partial charge on any atom is -0.490 e. The van der Waals surface area contributed by atoms with Gasteiger partial charge in [-0.05, 0) is 37.1 Å². The maximum Gasteiger partial charge on any atom is 0.270 e. The molecule has 0 aliphatic heterocycles. The highest BCUT2D eigenvalue weighted by Crippen LogP contribution is 2.28. The molecule has 0 saturated carbocycles. The van der Waals surface area contributed by atoms with E-state index in [9.17, 15) is 19.7 Å². The molecule has 2 aromatic carbocycles. The van der Waals surface area contributed by atoms with Crippen molar-refractivity contribution in [3.8, 4) is 11.5 Å². The Morgan fingerprint density at radius 1 is 0.897 bits per heavy atom. The molecule has 0 aromatic heterocycles. The summed E-state index contributed by atoms with van der Waals surface area (Å²) < 4.78 is 11.3. The molecule has 2 rings (SSSR count). The lowest BCUT2D eigenvalue weighted by Gasteiger charge is -2.14. The number of nitrogens with zero attached hydrogens (tertiary/aromatic N) is 1. The number of ether oxygens (including phenoxy) is 2. The first-order valence-corrected chi connectivity index (χ1v) is 9.21. The number of rotatable bonds is 9. The second-order valence-electron chi connectivity index (χ2n) is 6.07. The predicted molar refractivity (Wildman–Crippen MR) is 106 cm³/mol. The summed E-state index contributed by atoms with van der Waals surface area (Å²) in [5, 5.41) is 10.8. The summed E-state index contributed by atoms with van der Waals surface area (Å²) in [5.41, 5.74) is 4.62. The van der Waals surface area contributed by atoms with Crippen molar-refractivity contribution >= 4 is 17.5 Å². The maximum atomic E-state index is 12.4. The van der Waals surface area contributed by atoms with Crippen molar-refractivity contribution in [3.63, 3.8) is 0 Å². The van der Waals surface area contributed by atoms with Crippen LogP contribution in [0.5, 0.6) is 11.5 Å². The average Bonchev–Trinajstić information content (AvgIpc) is 2.74. The number of amides is 2. The van der Waals surface area contributed by atoms with Gasteiger partial charge in [0.2, 0.25) is 0 Å². The molecule has 0 bridgehead atoms. The Kier molecular flexibility index (Phi) is 7.96. The van der Waals surface area contributed by atoms with Crippen molar-refractivity contribution in [1.29, 1.82) is 0 Å². The van der Waals surface area contributed by atoms with Gasteiger partial charge in [-0.25, -0.2) is 0 Å². The third-order valence-corrected chi connectivity index (χ3v) is 3.74. The lowest BCUT2D eigenvalue weighted by Crippen LogP contribution is -2.41. The van der Waals surface area contributed by atoms with Crippen molar-refractivity contribution in [3.05, 3.63) is 63.7 Å². The van der Waals surface area contributed by atoms with Gasteiger partial charge in [0.05, 0.1) is 18.1 Å². The molecular weight excluding hydrogens is 378 g/mol. The summed E-state index contributed by atoms with van der Waals surface area (Å²) in [4.78, 5) is 34.7. The lowest BCUT2D eigenvalue weighted by molar-refractivity contribution is -0.384. The van der Waals surface area contributed by atoms with E-state index in [2.05, 4.69) is 10.9 Å². The maximum absolute atomic E-state index is 12.4. The lowest BCUT2D eigenvalue weighted by atomic mass is 10.2. The number of nitro groups is 1. The zero-order valence-corrected chi connectivity index (χ0v) is 16.3. The summed E-state index contributed by atoms with van der Waals surface area (Å²) in [6, 6.07) is 9.92.